The molecule has 1 fully saturated rings. The van der Waals surface area contributed by atoms with Crippen molar-refractivity contribution in [3.63, 3.8) is 0 Å². The third-order valence-electron chi connectivity index (χ3n) is 4.25. The van der Waals surface area contributed by atoms with E-state index in [2.05, 4.69) is 0 Å². The minimum Gasteiger partial charge on any atom is -0.483 e. The van der Waals surface area contributed by atoms with Crippen LogP contribution in [0.5, 0.6) is 5.75 Å². The van der Waals surface area contributed by atoms with Gasteiger partial charge in [0.05, 0.1) is 5.56 Å². The number of alkyl halides is 1. The van der Waals surface area contributed by atoms with E-state index in [-0.39, 0.29) is 10.9 Å². The van der Waals surface area contributed by atoms with Crippen molar-refractivity contribution in [1.82, 2.24) is 0 Å². The molecule has 1 aromatic carbocycles. The molecule has 1 saturated carbocycles. The lowest BCUT2D eigenvalue weighted by atomic mass is 9.77. The van der Waals surface area contributed by atoms with Gasteiger partial charge < -0.3 is 4.74 Å². The van der Waals surface area contributed by atoms with Gasteiger partial charge in [-0.1, -0.05) is 40.9 Å². The van der Waals surface area contributed by atoms with Crippen LogP contribution >= 0.6 is 33.2 Å². The van der Waals surface area contributed by atoms with E-state index in [0.29, 0.717) is 11.3 Å². The molecular formula is C16H17ClO3S2. The zero-order valence-corrected chi connectivity index (χ0v) is 14.7. The highest BCUT2D eigenvalue weighted by Gasteiger charge is 2.61. The SMILES string of the molecule is CC(=O)SSC1(Cl)C(=O)c2ccccc2OC12CCCCC2. The van der Waals surface area contributed by atoms with E-state index in [0.717, 1.165) is 53.7 Å². The Bertz CT molecular complexity index is 613. The smallest absolute Gasteiger partial charge is 0.202 e. The number of ketones is 1. The van der Waals surface area contributed by atoms with Crippen molar-refractivity contribution < 1.29 is 14.3 Å². The number of carbonyl (C=O) groups excluding carboxylic acids is 2. The number of ether oxygens (including phenoxy) is 1. The van der Waals surface area contributed by atoms with Crippen LogP contribution in [-0.2, 0) is 4.79 Å². The van der Waals surface area contributed by atoms with Crippen molar-refractivity contribution >= 4 is 44.1 Å². The summed E-state index contributed by atoms with van der Waals surface area (Å²) in [5, 5.41) is -0.0670. The molecule has 0 N–H and O–H groups in total. The standard InChI is InChI=1S/C16H17ClO3S2/c1-11(18)21-22-16(17)14(19)12-7-3-4-8-13(12)20-15(16)9-5-2-6-10-15/h3-4,7-8H,2,5-6,9-10H2,1H3. The predicted molar refractivity (Wildman–Crippen MR) is 91.7 cm³/mol. The quantitative estimate of drug-likeness (QED) is 0.561. The monoisotopic (exact) mass is 356 g/mol. The summed E-state index contributed by atoms with van der Waals surface area (Å²) in [4.78, 5) is 24.5. The van der Waals surface area contributed by atoms with Gasteiger partial charge in [-0.3, -0.25) is 9.59 Å². The van der Waals surface area contributed by atoms with E-state index >= 15 is 0 Å². The van der Waals surface area contributed by atoms with Gasteiger partial charge in [-0.05, 0) is 48.6 Å². The number of para-hydroxylation sites is 1. The van der Waals surface area contributed by atoms with Crippen molar-refractivity contribution in [2.45, 2.75) is 48.8 Å². The summed E-state index contributed by atoms with van der Waals surface area (Å²) in [5.74, 6) is 0.468. The molecule has 0 saturated heterocycles. The Labute approximate surface area is 142 Å². The van der Waals surface area contributed by atoms with Gasteiger partial charge in [0, 0.05) is 6.92 Å². The number of fused-ring (bicyclic) bond motifs is 1. The molecule has 118 valence electrons. The van der Waals surface area contributed by atoms with Gasteiger partial charge in [-0.2, -0.15) is 0 Å². The summed E-state index contributed by atoms with van der Waals surface area (Å²) in [5.41, 5.74) is -0.226. The Morgan fingerprint density at radius 3 is 2.59 bits per heavy atom. The van der Waals surface area contributed by atoms with Crippen LogP contribution in [-0.4, -0.2) is 20.7 Å². The van der Waals surface area contributed by atoms with E-state index in [1.54, 1.807) is 12.1 Å². The Morgan fingerprint density at radius 2 is 1.91 bits per heavy atom. The van der Waals surface area contributed by atoms with E-state index < -0.39 is 9.81 Å². The number of hydrogen-bond donors (Lipinski definition) is 0. The summed E-state index contributed by atoms with van der Waals surface area (Å²) in [6.07, 6.45) is 4.56. The molecule has 0 aromatic heterocycles. The first kappa shape index (κ1) is 16.2. The Balaban J connectivity index is 2.06. The lowest BCUT2D eigenvalue weighted by Gasteiger charge is -2.49. The molecule has 1 heterocycles. The number of Topliss-reactive ketones (excluding diaryl/α,β-unsaturated/α-hetero) is 1. The number of rotatable bonds is 2. The Morgan fingerprint density at radius 1 is 1.23 bits per heavy atom. The van der Waals surface area contributed by atoms with Crippen LogP contribution in [0.2, 0.25) is 0 Å². The van der Waals surface area contributed by atoms with Crippen molar-refractivity contribution in [3.05, 3.63) is 29.8 Å². The van der Waals surface area contributed by atoms with Crippen LogP contribution in [0.3, 0.4) is 0 Å². The highest BCUT2D eigenvalue weighted by atomic mass is 35.5. The van der Waals surface area contributed by atoms with Gasteiger partial charge in [0.1, 0.15) is 11.4 Å². The second kappa shape index (κ2) is 6.10. The minimum absolute atomic E-state index is 0.0670. The van der Waals surface area contributed by atoms with E-state index in [4.69, 9.17) is 16.3 Å². The van der Waals surface area contributed by atoms with E-state index in [1.165, 1.54) is 6.92 Å². The Kier molecular flexibility index (Phi) is 4.49. The maximum absolute atomic E-state index is 13.1. The molecule has 1 atom stereocenters. The predicted octanol–water partition coefficient (Wildman–Crippen LogP) is 4.83. The molecule has 6 heteroatoms. The number of halogens is 1. The topological polar surface area (TPSA) is 43.4 Å². The molecule has 22 heavy (non-hydrogen) atoms. The van der Waals surface area contributed by atoms with Crippen LogP contribution in [0.1, 0.15) is 49.4 Å². The molecule has 3 rings (SSSR count). The summed E-state index contributed by atoms with van der Waals surface area (Å²) < 4.78 is 5.03. The average molecular weight is 357 g/mol. The molecule has 1 spiro atoms. The molecule has 0 radical (unpaired) electrons. The maximum Gasteiger partial charge on any atom is 0.202 e. The van der Waals surface area contributed by atoms with Crippen LogP contribution in [0, 0.1) is 0 Å². The fraction of sp³-hybridized carbons (Fsp3) is 0.500. The van der Waals surface area contributed by atoms with Gasteiger partial charge in [-0.25, -0.2) is 0 Å². The number of carbonyl (C=O) groups is 2. The molecule has 0 amide bonds. The van der Waals surface area contributed by atoms with Gasteiger partial charge in [0.2, 0.25) is 9.99 Å². The fourth-order valence-corrected chi connectivity index (χ4v) is 5.98. The fourth-order valence-electron chi connectivity index (χ4n) is 3.18. The molecule has 1 aliphatic heterocycles. The van der Waals surface area contributed by atoms with Crippen LogP contribution < -0.4 is 4.74 Å². The van der Waals surface area contributed by atoms with Gasteiger partial charge in [0.15, 0.2) is 5.12 Å². The summed E-state index contributed by atoms with van der Waals surface area (Å²) >= 11 is 6.85. The normalized spacial score (nSPS) is 26.4. The zero-order chi connectivity index (χ0) is 15.8. The highest BCUT2D eigenvalue weighted by molar-refractivity contribution is 8.83. The van der Waals surface area contributed by atoms with Gasteiger partial charge in [-0.15, -0.1) is 0 Å². The van der Waals surface area contributed by atoms with Crippen LogP contribution in [0.25, 0.3) is 0 Å². The summed E-state index contributed by atoms with van der Waals surface area (Å²) in [7, 11) is 2.17. The van der Waals surface area contributed by atoms with Crippen molar-refractivity contribution in [1.29, 1.82) is 0 Å². The summed E-state index contributed by atoms with van der Waals surface area (Å²) in [6.45, 7) is 1.48. The molecule has 2 aliphatic rings. The van der Waals surface area contributed by atoms with E-state index in [1.807, 2.05) is 12.1 Å². The molecule has 3 nitrogen and oxygen atoms in total. The number of hydrogen-bond acceptors (Lipinski definition) is 5. The van der Waals surface area contributed by atoms with Gasteiger partial charge >= 0.3 is 0 Å². The number of benzene rings is 1. The van der Waals surface area contributed by atoms with Crippen molar-refractivity contribution in [2.24, 2.45) is 0 Å². The lowest BCUT2D eigenvalue weighted by Crippen LogP contribution is -2.60. The van der Waals surface area contributed by atoms with Crippen molar-refractivity contribution in [2.75, 3.05) is 0 Å². The molecule has 1 unspecified atom stereocenters. The van der Waals surface area contributed by atoms with E-state index in [9.17, 15) is 9.59 Å². The Hall–Kier alpha value is -0.650. The van der Waals surface area contributed by atoms with Gasteiger partial charge in [0.25, 0.3) is 0 Å². The molecule has 1 aromatic rings. The molecule has 0 bridgehead atoms. The van der Waals surface area contributed by atoms with Crippen LogP contribution in [0.15, 0.2) is 24.3 Å². The summed E-state index contributed by atoms with van der Waals surface area (Å²) in [6, 6.07) is 7.23. The highest BCUT2D eigenvalue weighted by Crippen LogP contribution is 2.58. The first-order chi connectivity index (χ1) is 10.5. The van der Waals surface area contributed by atoms with Crippen LogP contribution in [0.4, 0.5) is 0 Å². The molecular weight excluding hydrogens is 340 g/mol. The molecule has 1 aliphatic carbocycles. The minimum atomic E-state index is -1.25. The second-order valence-electron chi connectivity index (χ2n) is 5.74. The first-order valence-corrected chi connectivity index (χ1v) is 9.89. The third-order valence-corrected chi connectivity index (χ3v) is 8.08. The largest absolute Gasteiger partial charge is 0.483 e. The maximum atomic E-state index is 13.1. The average Bonchev–Trinajstić information content (AvgIpc) is 2.52. The zero-order valence-electron chi connectivity index (χ0n) is 12.3. The third kappa shape index (κ3) is 2.57. The van der Waals surface area contributed by atoms with Crippen molar-refractivity contribution in [3.8, 4) is 5.75 Å². The first-order valence-electron chi connectivity index (χ1n) is 7.36. The second-order valence-corrected chi connectivity index (χ2v) is 9.05. The lowest BCUT2D eigenvalue weighted by molar-refractivity contribution is -0.109.